The molecule has 1 aromatic heterocycles. The number of carboxylic acid groups (broad SMARTS) is 1. The summed E-state index contributed by atoms with van der Waals surface area (Å²) in [5, 5.41) is 9.85. The number of para-hydroxylation sites is 1. The van der Waals surface area contributed by atoms with E-state index in [9.17, 15) is 9.90 Å². The molecule has 0 aliphatic rings. The van der Waals surface area contributed by atoms with Gasteiger partial charge in [0, 0.05) is 12.0 Å². The lowest BCUT2D eigenvalue weighted by molar-refractivity contribution is -0.141. The average molecular weight is 295 g/mol. The van der Waals surface area contributed by atoms with Gasteiger partial charge in [-0.25, -0.2) is 4.98 Å². The van der Waals surface area contributed by atoms with E-state index in [1.165, 1.54) is 0 Å². The van der Waals surface area contributed by atoms with Crippen molar-refractivity contribution in [3.63, 3.8) is 0 Å². The predicted molar refractivity (Wildman–Crippen MR) is 80.3 cm³/mol. The molecule has 2 aromatic rings. The number of rotatable bonds is 4. The van der Waals surface area contributed by atoms with Crippen molar-refractivity contribution in [1.29, 1.82) is 0 Å². The molecule has 0 saturated heterocycles. The van der Waals surface area contributed by atoms with Crippen LogP contribution in [0.3, 0.4) is 0 Å². The minimum absolute atomic E-state index is 0.165. The van der Waals surface area contributed by atoms with Crippen LogP contribution in [0.1, 0.15) is 45.5 Å². The van der Waals surface area contributed by atoms with Gasteiger partial charge in [0.1, 0.15) is 5.82 Å². The van der Waals surface area contributed by atoms with Gasteiger partial charge >= 0.3 is 5.97 Å². The Morgan fingerprint density at radius 3 is 2.50 bits per heavy atom. The molecule has 0 radical (unpaired) electrons. The lowest BCUT2D eigenvalue weighted by Crippen LogP contribution is -2.20. The van der Waals surface area contributed by atoms with E-state index in [1.807, 2.05) is 43.5 Å². The monoisotopic (exact) mass is 294 g/mol. The van der Waals surface area contributed by atoms with Crippen LogP contribution in [-0.2, 0) is 4.79 Å². The fourth-order valence-electron chi connectivity index (χ4n) is 2.41. The van der Waals surface area contributed by atoms with Gasteiger partial charge in [-0.1, -0.05) is 31.5 Å². The van der Waals surface area contributed by atoms with Crippen molar-refractivity contribution >= 4 is 28.6 Å². The Labute approximate surface area is 123 Å². The molecule has 2 unspecified atom stereocenters. The smallest absolute Gasteiger partial charge is 0.306 e. The summed E-state index contributed by atoms with van der Waals surface area (Å²) in [5.74, 6) is -0.717. The maximum atomic E-state index is 11.2. The van der Waals surface area contributed by atoms with Crippen molar-refractivity contribution < 1.29 is 9.90 Å². The molecule has 1 N–H and O–H groups in total. The van der Waals surface area contributed by atoms with E-state index in [0.717, 1.165) is 16.9 Å². The summed E-state index contributed by atoms with van der Waals surface area (Å²) in [6.45, 7) is 7.70. The van der Waals surface area contributed by atoms with E-state index in [0.29, 0.717) is 5.02 Å². The van der Waals surface area contributed by atoms with Crippen molar-refractivity contribution in [2.75, 3.05) is 0 Å². The number of fused-ring (bicyclic) bond motifs is 1. The summed E-state index contributed by atoms with van der Waals surface area (Å²) in [7, 11) is 0. The van der Waals surface area contributed by atoms with Crippen LogP contribution in [0.15, 0.2) is 18.2 Å². The number of benzene rings is 1. The standard InChI is InChI=1S/C15H19ClN2O2/c1-8(2)18-13-11(16)6-5-7-12(13)17-14(18)9(3)10(4)15(19)20/h5-10H,1-4H3,(H,19,20). The Morgan fingerprint density at radius 1 is 1.30 bits per heavy atom. The minimum atomic E-state index is -0.814. The lowest BCUT2D eigenvalue weighted by atomic mass is 9.95. The van der Waals surface area contributed by atoms with Crippen molar-refractivity contribution in [3.8, 4) is 0 Å². The summed E-state index contributed by atoms with van der Waals surface area (Å²) < 4.78 is 2.04. The number of imidazole rings is 1. The summed E-state index contributed by atoms with van der Waals surface area (Å²) in [5.41, 5.74) is 1.69. The van der Waals surface area contributed by atoms with E-state index < -0.39 is 11.9 Å². The number of nitrogens with zero attached hydrogens (tertiary/aromatic N) is 2. The average Bonchev–Trinajstić information content (AvgIpc) is 2.77. The molecule has 5 heteroatoms. The first-order valence-electron chi connectivity index (χ1n) is 6.73. The second-order valence-corrected chi connectivity index (χ2v) is 5.86. The second-order valence-electron chi connectivity index (χ2n) is 5.46. The Hall–Kier alpha value is -1.55. The molecule has 0 spiro atoms. The molecule has 0 amide bonds. The van der Waals surface area contributed by atoms with Crippen molar-refractivity contribution in [1.82, 2.24) is 9.55 Å². The molecule has 0 aliphatic heterocycles. The third-order valence-corrected chi connectivity index (χ3v) is 4.06. The number of hydrogen-bond donors (Lipinski definition) is 1. The van der Waals surface area contributed by atoms with E-state index in [-0.39, 0.29) is 12.0 Å². The zero-order valence-electron chi connectivity index (χ0n) is 12.1. The molecule has 0 saturated carbocycles. The highest BCUT2D eigenvalue weighted by Crippen LogP contribution is 2.33. The molecule has 1 heterocycles. The van der Waals surface area contributed by atoms with Crippen LogP contribution in [0.2, 0.25) is 5.02 Å². The zero-order valence-corrected chi connectivity index (χ0v) is 12.8. The first-order valence-corrected chi connectivity index (χ1v) is 7.11. The van der Waals surface area contributed by atoms with E-state index in [1.54, 1.807) is 6.92 Å². The summed E-state index contributed by atoms with van der Waals surface area (Å²) in [6.07, 6.45) is 0. The third-order valence-electron chi connectivity index (χ3n) is 3.75. The third kappa shape index (κ3) is 2.40. The first-order chi connectivity index (χ1) is 9.34. The van der Waals surface area contributed by atoms with Gasteiger partial charge in [0.25, 0.3) is 0 Å². The highest BCUT2D eigenvalue weighted by molar-refractivity contribution is 6.35. The number of aliphatic carboxylic acids is 1. The highest BCUT2D eigenvalue weighted by atomic mass is 35.5. The molecule has 2 atom stereocenters. The van der Waals surface area contributed by atoms with Gasteiger partial charge in [-0.2, -0.15) is 0 Å². The van der Waals surface area contributed by atoms with Gasteiger partial charge in [-0.05, 0) is 26.0 Å². The second kappa shape index (κ2) is 5.44. The maximum absolute atomic E-state index is 11.2. The maximum Gasteiger partial charge on any atom is 0.306 e. The van der Waals surface area contributed by atoms with Crippen LogP contribution in [-0.4, -0.2) is 20.6 Å². The molecule has 108 valence electrons. The van der Waals surface area contributed by atoms with Crippen molar-refractivity contribution in [2.45, 2.75) is 39.7 Å². The van der Waals surface area contributed by atoms with E-state index in [2.05, 4.69) is 4.98 Å². The Kier molecular flexibility index (Phi) is 4.04. The quantitative estimate of drug-likeness (QED) is 0.924. The van der Waals surface area contributed by atoms with Crippen LogP contribution in [0.25, 0.3) is 11.0 Å². The normalized spacial score (nSPS) is 14.7. The lowest BCUT2D eigenvalue weighted by Gasteiger charge is -2.20. The van der Waals surface area contributed by atoms with Crippen LogP contribution in [0.5, 0.6) is 0 Å². The fourth-order valence-corrected chi connectivity index (χ4v) is 2.67. The molecule has 1 aromatic carbocycles. The zero-order chi connectivity index (χ0) is 15.0. The number of carbonyl (C=O) groups is 1. The van der Waals surface area contributed by atoms with Gasteiger partial charge in [0.05, 0.1) is 22.0 Å². The van der Waals surface area contributed by atoms with E-state index >= 15 is 0 Å². The van der Waals surface area contributed by atoms with Gasteiger partial charge in [0.15, 0.2) is 0 Å². The van der Waals surface area contributed by atoms with Gasteiger partial charge in [-0.3, -0.25) is 4.79 Å². The van der Waals surface area contributed by atoms with Crippen LogP contribution >= 0.6 is 11.6 Å². The van der Waals surface area contributed by atoms with Gasteiger partial charge in [-0.15, -0.1) is 0 Å². The Morgan fingerprint density at radius 2 is 1.95 bits per heavy atom. The molecule has 2 rings (SSSR count). The van der Waals surface area contributed by atoms with Crippen molar-refractivity contribution in [3.05, 3.63) is 29.0 Å². The fraction of sp³-hybridized carbons (Fsp3) is 0.467. The van der Waals surface area contributed by atoms with Crippen molar-refractivity contribution in [2.24, 2.45) is 5.92 Å². The summed E-state index contributed by atoms with van der Waals surface area (Å²) in [6, 6.07) is 5.76. The SMILES string of the molecule is CC(C(=O)O)C(C)c1nc2cccc(Cl)c2n1C(C)C. The van der Waals surface area contributed by atoms with Crippen LogP contribution in [0, 0.1) is 5.92 Å². The van der Waals surface area contributed by atoms with E-state index in [4.69, 9.17) is 11.6 Å². The first kappa shape index (κ1) is 14.9. The summed E-state index contributed by atoms with van der Waals surface area (Å²) >= 11 is 6.29. The molecule has 20 heavy (non-hydrogen) atoms. The highest BCUT2D eigenvalue weighted by Gasteiger charge is 2.27. The van der Waals surface area contributed by atoms with Gasteiger partial charge < -0.3 is 9.67 Å². The number of halogens is 1. The van der Waals surface area contributed by atoms with Crippen LogP contribution in [0.4, 0.5) is 0 Å². The molecule has 0 bridgehead atoms. The molecular weight excluding hydrogens is 276 g/mol. The molecular formula is C15H19ClN2O2. The molecule has 4 nitrogen and oxygen atoms in total. The number of carboxylic acids is 1. The predicted octanol–water partition coefficient (Wildman–Crippen LogP) is 4.09. The van der Waals surface area contributed by atoms with Crippen LogP contribution < -0.4 is 0 Å². The molecule has 0 fully saturated rings. The molecule has 0 aliphatic carbocycles. The minimum Gasteiger partial charge on any atom is -0.481 e. The largest absolute Gasteiger partial charge is 0.481 e. The van der Waals surface area contributed by atoms with Gasteiger partial charge in [0.2, 0.25) is 0 Å². The number of aromatic nitrogens is 2. The summed E-state index contributed by atoms with van der Waals surface area (Å²) in [4.78, 5) is 15.8. The Balaban J connectivity index is 2.67. The number of hydrogen-bond acceptors (Lipinski definition) is 2. The topological polar surface area (TPSA) is 55.1 Å². The Bertz CT molecular complexity index is 649.